The Hall–Kier alpha value is -0.420. The Bertz CT molecular complexity index is 452. The Morgan fingerprint density at radius 2 is 2.11 bits per heavy atom. The Balaban J connectivity index is 2.49. The number of hydrogen-bond donors (Lipinski definition) is 2. The molecule has 19 heavy (non-hydrogen) atoms. The summed E-state index contributed by atoms with van der Waals surface area (Å²) in [7, 11) is 0. The first-order valence-corrected chi connectivity index (χ1v) is 7.91. The summed E-state index contributed by atoms with van der Waals surface area (Å²) in [5.74, 6) is 0.417. The lowest BCUT2D eigenvalue weighted by Crippen LogP contribution is -2.42. The molecule has 106 valence electrons. The summed E-state index contributed by atoms with van der Waals surface area (Å²) in [6, 6.07) is 5.09. The molecular weight excluding hydrogens is 305 g/mol. The fourth-order valence-corrected chi connectivity index (χ4v) is 2.59. The van der Waals surface area contributed by atoms with Crippen LogP contribution in [0.4, 0.5) is 0 Å². The Morgan fingerprint density at radius 1 is 1.42 bits per heavy atom. The molecule has 0 aliphatic rings. The summed E-state index contributed by atoms with van der Waals surface area (Å²) in [5.41, 5.74) is -0.108. The van der Waals surface area contributed by atoms with E-state index in [0.717, 1.165) is 5.56 Å². The van der Waals surface area contributed by atoms with Crippen molar-refractivity contribution in [2.45, 2.75) is 18.9 Å². The van der Waals surface area contributed by atoms with E-state index in [9.17, 15) is 9.90 Å². The van der Waals surface area contributed by atoms with Crippen LogP contribution in [0.5, 0.6) is 0 Å². The fraction of sp³-hybridized carbons (Fsp3) is 0.462. The number of rotatable bonds is 6. The van der Waals surface area contributed by atoms with Crippen molar-refractivity contribution < 1.29 is 9.90 Å². The second-order valence-corrected chi connectivity index (χ2v) is 6.31. The molecule has 0 heterocycles. The highest BCUT2D eigenvalue weighted by Gasteiger charge is 2.20. The highest BCUT2D eigenvalue weighted by molar-refractivity contribution is 7.98. The largest absolute Gasteiger partial charge is 0.387 e. The van der Waals surface area contributed by atoms with Crippen LogP contribution in [-0.2, 0) is 11.2 Å². The average molecular weight is 322 g/mol. The average Bonchev–Trinajstić information content (AvgIpc) is 2.32. The lowest BCUT2D eigenvalue weighted by Gasteiger charge is -2.22. The zero-order valence-corrected chi connectivity index (χ0v) is 13.2. The van der Waals surface area contributed by atoms with Crippen LogP contribution in [0, 0.1) is 0 Å². The van der Waals surface area contributed by atoms with Crippen molar-refractivity contribution in [2.75, 3.05) is 18.6 Å². The molecule has 1 unspecified atom stereocenters. The van der Waals surface area contributed by atoms with E-state index in [2.05, 4.69) is 5.32 Å². The maximum absolute atomic E-state index is 11.8. The summed E-state index contributed by atoms with van der Waals surface area (Å²) >= 11 is 13.2. The van der Waals surface area contributed by atoms with Crippen molar-refractivity contribution in [1.29, 1.82) is 0 Å². The smallest absolute Gasteiger partial charge is 0.224 e. The highest BCUT2D eigenvalue weighted by Crippen LogP contribution is 2.22. The number of nitrogens with one attached hydrogen (secondary N) is 1. The molecule has 1 rings (SSSR count). The monoisotopic (exact) mass is 321 g/mol. The predicted molar refractivity (Wildman–Crippen MR) is 82.2 cm³/mol. The first-order chi connectivity index (χ1) is 8.84. The van der Waals surface area contributed by atoms with Gasteiger partial charge in [-0.2, -0.15) is 11.8 Å². The maximum Gasteiger partial charge on any atom is 0.224 e. The summed E-state index contributed by atoms with van der Waals surface area (Å²) in [6.07, 6.45) is 2.12. The van der Waals surface area contributed by atoms with Gasteiger partial charge in [-0.3, -0.25) is 4.79 Å². The standard InChI is InChI=1S/C13H17Cl2NO2S/c1-13(18,8-19-2)7-16-12(17)6-9-3-4-10(14)11(15)5-9/h3-5,18H,6-8H2,1-2H3,(H,16,17). The summed E-state index contributed by atoms with van der Waals surface area (Å²) < 4.78 is 0. The molecule has 3 nitrogen and oxygen atoms in total. The van der Waals surface area contributed by atoms with Gasteiger partial charge in [0.15, 0.2) is 0 Å². The van der Waals surface area contributed by atoms with Crippen molar-refractivity contribution in [3.8, 4) is 0 Å². The molecule has 1 aromatic carbocycles. The number of carbonyl (C=O) groups excluding carboxylic acids is 1. The minimum atomic E-state index is -0.896. The van der Waals surface area contributed by atoms with E-state index < -0.39 is 5.60 Å². The number of carbonyl (C=O) groups is 1. The summed E-state index contributed by atoms with van der Waals surface area (Å²) in [6.45, 7) is 1.93. The highest BCUT2D eigenvalue weighted by atomic mass is 35.5. The molecule has 0 fully saturated rings. The molecular formula is C13H17Cl2NO2S. The van der Waals surface area contributed by atoms with Gasteiger partial charge < -0.3 is 10.4 Å². The SMILES string of the molecule is CSCC(C)(O)CNC(=O)Cc1ccc(Cl)c(Cl)c1. The Kier molecular flexibility index (Phi) is 6.47. The molecule has 0 aromatic heterocycles. The number of aliphatic hydroxyl groups is 1. The van der Waals surface area contributed by atoms with Crippen LogP contribution in [0.1, 0.15) is 12.5 Å². The molecule has 0 spiro atoms. The fourth-order valence-electron chi connectivity index (χ4n) is 1.55. The second kappa shape index (κ2) is 7.39. The van der Waals surface area contributed by atoms with Gasteiger partial charge in [-0.15, -0.1) is 0 Å². The molecule has 0 bridgehead atoms. The molecule has 1 amide bonds. The van der Waals surface area contributed by atoms with Crippen molar-refractivity contribution in [3.63, 3.8) is 0 Å². The quantitative estimate of drug-likeness (QED) is 0.847. The minimum absolute atomic E-state index is 0.153. The minimum Gasteiger partial charge on any atom is -0.387 e. The zero-order valence-electron chi connectivity index (χ0n) is 10.9. The molecule has 0 saturated carbocycles. The number of amides is 1. The first kappa shape index (κ1) is 16.6. The molecule has 6 heteroatoms. The second-order valence-electron chi connectivity index (χ2n) is 4.63. The molecule has 0 radical (unpaired) electrons. The van der Waals surface area contributed by atoms with E-state index in [1.54, 1.807) is 25.1 Å². The number of halogens is 2. The lowest BCUT2D eigenvalue weighted by molar-refractivity contribution is -0.121. The van der Waals surface area contributed by atoms with Gasteiger partial charge in [0, 0.05) is 12.3 Å². The van der Waals surface area contributed by atoms with Gasteiger partial charge in [0.25, 0.3) is 0 Å². The molecule has 0 aliphatic carbocycles. The third-order valence-corrected chi connectivity index (χ3v) is 4.12. The number of thioether (sulfide) groups is 1. The van der Waals surface area contributed by atoms with Gasteiger partial charge in [-0.05, 0) is 30.9 Å². The van der Waals surface area contributed by atoms with E-state index in [1.165, 1.54) is 11.8 Å². The van der Waals surface area contributed by atoms with E-state index in [0.29, 0.717) is 15.8 Å². The van der Waals surface area contributed by atoms with E-state index in [4.69, 9.17) is 23.2 Å². The first-order valence-electron chi connectivity index (χ1n) is 5.76. The normalized spacial score (nSPS) is 13.9. The van der Waals surface area contributed by atoms with Crippen molar-refractivity contribution >= 4 is 40.9 Å². The van der Waals surface area contributed by atoms with Crippen LogP contribution in [0.3, 0.4) is 0 Å². The van der Waals surface area contributed by atoms with E-state index in [1.807, 2.05) is 6.26 Å². The van der Waals surface area contributed by atoms with Crippen molar-refractivity contribution in [3.05, 3.63) is 33.8 Å². The van der Waals surface area contributed by atoms with Gasteiger partial charge in [-0.1, -0.05) is 29.3 Å². The predicted octanol–water partition coefficient (Wildman–Crippen LogP) is 2.77. The van der Waals surface area contributed by atoms with Crippen LogP contribution in [0.25, 0.3) is 0 Å². The van der Waals surface area contributed by atoms with Crippen LogP contribution in [-0.4, -0.2) is 35.2 Å². The lowest BCUT2D eigenvalue weighted by atomic mass is 10.1. The molecule has 0 aliphatic heterocycles. The van der Waals surface area contributed by atoms with Gasteiger partial charge in [0.2, 0.25) is 5.91 Å². The molecule has 1 atom stereocenters. The van der Waals surface area contributed by atoms with Crippen LogP contribution < -0.4 is 5.32 Å². The van der Waals surface area contributed by atoms with E-state index in [-0.39, 0.29) is 18.9 Å². The van der Waals surface area contributed by atoms with Gasteiger partial charge >= 0.3 is 0 Å². The van der Waals surface area contributed by atoms with Gasteiger partial charge in [0.1, 0.15) is 0 Å². The van der Waals surface area contributed by atoms with E-state index >= 15 is 0 Å². The number of hydrogen-bond acceptors (Lipinski definition) is 3. The molecule has 0 saturated heterocycles. The molecule has 2 N–H and O–H groups in total. The Morgan fingerprint density at radius 3 is 2.68 bits per heavy atom. The van der Waals surface area contributed by atoms with Crippen LogP contribution in [0.2, 0.25) is 10.0 Å². The third-order valence-electron chi connectivity index (χ3n) is 2.47. The Labute approximate surface area is 127 Å². The zero-order chi connectivity index (χ0) is 14.5. The van der Waals surface area contributed by atoms with Crippen LogP contribution in [0.15, 0.2) is 18.2 Å². The van der Waals surface area contributed by atoms with Gasteiger partial charge in [0.05, 0.1) is 22.1 Å². The third kappa shape index (κ3) is 6.04. The summed E-state index contributed by atoms with van der Waals surface area (Å²) in [5, 5.41) is 13.5. The van der Waals surface area contributed by atoms with Crippen molar-refractivity contribution in [2.24, 2.45) is 0 Å². The van der Waals surface area contributed by atoms with Crippen molar-refractivity contribution in [1.82, 2.24) is 5.32 Å². The van der Waals surface area contributed by atoms with Crippen LogP contribution >= 0.6 is 35.0 Å². The topological polar surface area (TPSA) is 49.3 Å². The molecule has 1 aromatic rings. The van der Waals surface area contributed by atoms with Gasteiger partial charge in [-0.25, -0.2) is 0 Å². The summed E-state index contributed by atoms with van der Waals surface area (Å²) in [4.78, 5) is 11.8. The number of benzene rings is 1. The maximum atomic E-state index is 11.8.